The fourth-order valence-corrected chi connectivity index (χ4v) is 0.341. The average molecular weight is 110 g/mol. The number of hydrogen-bond acceptors (Lipinski definition) is 3. The summed E-state index contributed by atoms with van der Waals surface area (Å²) < 4.78 is 4.43. The summed E-state index contributed by atoms with van der Waals surface area (Å²) in [5, 5.41) is 12.3. The highest BCUT2D eigenvalue weighted by atomic mass is 16.5. The Kier molecular flexibility index (Phi) is 1.27. The van der Waals surface area contributed by atoms with Gasteiger partial charge < -0.3 is 9.84 Å². The lowest BCUT2D eigenvalue weighted by molar-refractivity contribution is 0.423. The van der Waals surface area contributed by atoms with E-state index in [1.807, 2.05) is 6.34 Å². The van der Waals surface area contributed by atoms with Crippen LogP contribution in [0.2, 0.25) is 0 Å². The van der Waals surface area contributed by atoms with E-state index in [0.29, 0.717) is 5.82 Å². The van der Waals surface area contributed by atoms with Gasteiger partial charge in [-0.05, 0) is 0 Å². The molecule has 41 valence electrons. The third kappa shape index (κ3) is 0.841. The van der Waals surface area contributed by atoms with Gasteiger partial charge in [-0.25, -0.2) is 0 Å². The van der Waals surface area contributed by atoms with Crippen molar-refractivity contribution in [3.8, 4) is 0 Å². The Morgan fingerprint density at radius 1 is 1.88 bits per heavy atom. The van der Waals surface area contributed by atoms with Crippen LogP contribution in [0.25, 0.3) is 0 Å². The van der Waals surface area contributed by atoms with Crippen molar-refractivity contribution in [3.05, 3.63) is 12.3 Å². The average Bonchev–Trinajstić information content (AvgIpc) is 2.19. The second-order valence-corrected chi connectivity index (χ2v) is 1.13. The minimum atomic E-state index is 0.500. The minimum absolute atomic E-state index is 0.500. The van der Waals surface area contributed by atoms with Crippen LogP contribution in [0.3, 0.4) is 0 Å². The van der Waals surface area contributed by atoms with Crippen LogP contribution in [0.5, 0.6) is 0 Å². The maximum absolute atomic E-state index is 6.44. The Bertz CT molecular complexity index is 158. The summed E-state index contributed by atoms with van der Waals surface area (Å²) >= 11 is 0. The van der Waals surface area contributed by atoms with E-state index in [1.54, 1.807) is 6.07 Å². The van der Waals surface area contributed by atoms with Crippen LogP contribution < -0.4 is 5.32 Å². The SMILES string of the molecule is N=[C]Nc1ccon1. The Morgan fingerprint density at radius 3 is 3.25 bits per heavy atom. The lowest BCUT2D eigenvalue weighted by Gasteiger charge is -1.82. The smallest absolute Gasteiger partial charge is 0.174 e. The van der Waals surface area contributed by atoms with Crippen LogP contribution in [-0.2, 0) is 0 Å². The van der Waals surface area contributed by atoms with E-state index >= 15 is 0 Å². The molecule has 4 nitrogen and oxygen atoms in total. The van der Waals surface area contributed by atoms with Gasteiger partial charge in [0, 0.05) is 6.07 Å². The molecule has 1 heterocycles. The monoisotopic (exact) mass is 110 g/mol. The molecule has 0 fully saturated rings. The van der Waals surface area contributed by atoms with Gasteiger partial charge in [-0.3, -0.25) is 5.41 Å². The molecular weight excluding hydrogens is 106 g/mol. The Morgan fingerprint density at radius 2 is 2.75 bits per heavy atom. The van der Waals surface area contributed by atoms with E-state index in [0.717, 1.165) is 0 Å². The molecule has 0 bridgehead atoms. The molecule has 0 aliphatic heterocycles. The van der Waals surface area contributed by atoms with Crippen LogP contribution in [-0.4, -0.2) is 11.5 Å². The molecule has 0 saturated heterocycles. The molecule has 1 aromatic heterocycles. The lowest BCUT2D eigenvalue weighted by Crippen LogP contribution is -1.91. The summed E-state index contributed by atoms with van der Waals surface area (Å²) in [5.41, 5.74) is 0. The fourth-order valence-electron chi connectivity index (χ4n) is 0.341. The van der Waals surface area contributed by atoms with Crippen molar-refractivity contribution in [2.24, 2.45) is 0 Å². The lowest BCUT2D eigenvalue weighted by atomic mass is 10.6. The molecule has 0 atom stereocenters. The van der Waals surface area contributed by atoms with Gasteiger partial charge in [0.1, 0.15) is 6.26 Å². The van der Waals surface area contributed by atoms with Crippen molar-refractivity contribution in [1.29, 1.82) is 5.41 Å². The number of aromatic nitrogens is 1. The van der Waals surface area contributed by atoms with Crippen LogP contribution in [0, 0.1) is 5.41 Å². The summed E-state index contributed by atoms with van der Waals surface area (Å²) in [4.78, 5) is 0. The number of anilines is 1. The first-order valence-electron chi connectivity index (χ1n) is 2.01. The van der Waals surface area contributed by atoms with Gasteiger partial charge in [-0.2, -0.15) is 0 Å². The Hall–Kier alpha value is -1.32. The zero-order chi connectivity index (χ0) is 5.82. The summed E-state index contributed by atoms with van der Waals surface area (Å²) in [7, 11) is 0. The summed E-state index contributed by atoms with van der Waals surface area (Å²) in [6, 6.07) is 1.60. The summed E-state index contributed by atoms with van der Waals surface area (Å²) in [5.74, 6) is 0.500. The van der Waals surface area contributed by atoms with Crippen molar-refractivity contribution < 1.29 is 4.52 Å². The first-order chi connectivity index (χ1) is 3.93. The Labute approximate surface area is 46.0 Å². The summed E-state index contributed by atoms with van der Waals surface area (Å²) in [6.45, 7) is 0. The molecule has 2 N–H and O–H groups in total. The van der Waals surface area contributed by atoms with Gasteiger partial charge in [-0.15, -0.1) is 0 Å². The third-order valence-electron chi connectivity index (χ3n) is 0.628. The van der Waals surface area contributed by atoms with Gasteiger partial charge >= 0.3 is 0 Å². The third-order valence-corrected chi connectivity index (χ3v) is 0.628. The van der Waals surface area contributed by atoms with Crippen LogP contribution in [0.4, 0.5) is 5.82 Å². The van der Waals surface area contributed by atoms with E-state index in [9.17, 15) is 0 Å². The molecule has 4 heteroatoms. The van der Waals surface area contributed by atoms with Crippen molar-refractivity contribution in [2.75, 3.05) is 5.32 Å². The highest BCUT2D eigenvalue weighted by Crippen LogP contribution is 1.97. The maximum atomic E-state index is 6.44. The van der Waals surface area contributed by atoms with Crippen LogP contribution in [0.1, 0.15) is 0 Å². The van der Waals surface area contributed by atoms with Crippen LogP contribution >= 0.6 is 0 Å². The number of rotatable bonds is 2. The normalized spacial score (nSPS) is 8.50. The first-order valence-corrected chi connectivity index (χ1v) is 2.01. The number of nitrogens with zero attached hydrogens (tertiary/aromatic N) is 1. The molecule has 0 aliphatic rings. The van der Waals surface area contributed by atoms with Gasteiger partial charge in [-0.1, -0.05) is 5.16 Å². The molecular formula is C4H4N3O. The quantitative estimate of drug-likeness (QED) is 0.332. The molecule has 1 radical (unpaired) electrons. The second-order valence-electron chi connectivity index (χ2n) is 1.13. The van der Waals surface area contributed by atoms with Gasteiger partial charge in [0.05, 0.1) is 0 Å². The molecule has 0 spiro atoms. The first kappa shape index (κ1) is 4.83. The van der Waals surface area contributed by atoms with E-state index in [-0.39, 0.29) is 0 Å². The standard InChI is InChI=1S/C4H4N3O/c5-3-6-4-1-2-8-7-4/h1-2H,(H2,5,6,7). The minimum Gasteiger partial charge on any atom is -0.363 e. The highest BCUT2D eigenvalue weighted by molar-refractivity contribution is 5.70. The number of nitrogens with one attached hydrogen (secondary N) is 2. The van der Waals surface area contributed by atoms with Crippen molar-refractivity contribution in [2.45, 2.75) is 0 Å². The predicted molar refractivity (Wildman–Crippen MR) is 27.9 cm³/mol. The topological polar surface area (TPSA) is 61.9 Å². The molecule has 0 saturated carbocycles. The summed E-state index contributed by atoms with van der Waals surface area (Å²) in [6.07, 6.45) is 3.36. The zero-order valence-corrected chi connectivity index (χ0v) is 4.01. The van der Waals surface area contributed by atoms with Gasteiger partial charge in [0.25, 0.3) is 0 Å². The van der Waals surface area contributed by atoms with E-state index in [2.05, 4.69) is 15.0 Å². The molecule has 0 amide bonds. The second kappa shape index (κ2) is 2.11. The maximum Gasteiger partial charge on any atom is 0.174 e. The highest BCUT2D eigenvalue weighted by Gasteiger charge is 1.87. The van der Waals surface area contributed by atoms with Crippen molar-refractivity contribution in [1.82, 2.24) is 5.16 Å². The van der Waals surface area contributed by atoms with E-state index in [1.165, 1.54) is 6.26 Å². The number of hydrogen-bond donors (Lipinski definition) is 2. The van der Waals surface area contributed by atoms with Crippen LogP contribution in [0.15, 0.2) is 16.9 Å². The molecule has 1 aromatic rings. The fraction of sp³-hybridized carbons (Fsp3) is 0. The molecule has 0 aliphatic carbocycles. The van der Waals surface area contributed by atoms with Gasteiger partial charge in [0.15, 0.2) is 12.2 Å². The molecule has 8 heavy (non-hydrogen) atoms. The van der Waals surface area contributed by atoms with Crippen molar-refractivity contribution in [3.63, 3.8) is 0 Å². The van der Waals surface area contributed by atoms with Crippen molar-refractivity contribution >= 4 is 12.2 Å². The Balaban J connectivity index is 2.62. The molecule has 1 rings (SSSR count). The molecule has 0 aromatic carbocycles. The zero-order valence-electron chi connectivity index (χ0n) is 4.01. The van der Waals surface area contributed by atoms with E-state index < -0.39 is 0 Å². The molecule has 0 unspecified atom stereocenters. The van der Waals surface area contributed by atoms with Gasteiger partial charge in [0.2, 0.25) is 0 Å². The van der Waals surface area contributed by atoms with E-state index in [4.69, 9.17) is 5.41 Å². The predicted octanol–water partition coefficient (Wildman–Crippen LogP) is 0.571. The largest absolute Gasteiger partial charge is 0.363 e.